The zero-order chi connectivity index (χ0) is 11.4. The van der Waals surface area contributed by atoms with E-state index < -0.39 is 0 Å². The molecule has 2 rings (SSSR count). The van der Waals surface area contributed by atoms with Crippen LogP contribution in [-0.4, -0.2) is 0 Å². The van der Waals surface area contributed by atoms with E-state index in [0.29, 0.717) is 0 Å². The molecule has 0 atom stereocenters. The van der Waals surface area contributed by atoms with E-state index in [1.54, 1.807) is 0 Å². The second kappa shape index (κ2) is 5.55. The molecule has 82 valence electrons. The first-order valence-corrected chi connectivity index (χ1v) is 6.44. The first kappa shape index (κ1) is 11.7. The van der Waals surface area contributed by atoms with Crippen molar-refractivity contribution in [2.24, 2.45) is 0 Å². The zero-order valence-corrected chi connectivity index (χ0v) is 11.5. The predicted octanol–water partition coefficient (Wildman–Crippen LogP) is 4.56. The molecule has 0 amide bonds. The van der Waals surface area contributed by atoms with E-state index in [9.17, 15) is 0 Å². The minimum atomic E-state index is 0.783. The first-order valence-electron chi connectivity index (χ1n) is 4.98. The highest BCUT2D eigenvalue weighted by atomic mass is 127. The number of para-hydroxylation sites is 1. The van der Waals surface area contributed by atoms with Gasteiger partial charge in [0, 0.05) is 20.8 Å². The summed E-state index contributed by atoms with van der Waals surface area (Å²) >= 11 is 8.29. The van der Waals surface area contributed by atoms with E-state index in [0.717, 1.165) is 17.3 Å². The number of hydrogen-bond donors (Lipinski definition) is 1. The maximum Gasteiger partial charge on any atom is 0.0411 e. The summed E-state index contributed by atoms with van der Waals surface area (Å²) in [7, 11) is 0. The summed E-state index contributed by atoms with van der Waals surface area (Å²) in [6.45, 7) is 0.794. The quantitative estimate of drug-likeness (QED) is 0.806. The number of hydrogen-bond acceptors (Lipinski definition) is 1. The van der Waals surface area contributed by atoms with E-state index in [-0.39, 0.29) is 0 Å². The minimum absolute atomic E-state index is 0.783. The zero-order valence-electron chi connectivity index (χ0n) is 8.58. The lowest BCUT2D eigenvalue weighted by molar-refractivity contribution is 1.14. The molecule has 0 aliphatic rings. The first-order chi connectivity index (χ1) is 7.75. The highest BCUT2D eigenvalue weighted by Crippen LogP contribution is 2.19. The largest absolute Gasteiger partial charge is 0.381 e. The van der Waals surface area contributed by atoms with Crippen LogP contribution in [0.4, 0.5) is 5.69 Å². The molecule has 0 spiro atoms. The molecule has 16 heavy (non-hydrogen) atoms. The third kappa shape index (κ3) is 3.12. The number of rotatable bonds is 3. The third-order valence-corrected chi connectivity index (χ3v) is 3.55. The maximum atomic E-state index is 5.97. The van der Waals surface area contributed by atoms with E-state index in [4.69, 9.17) is 11.6 Å². The van der Waals surface area contributed by atoms with Gasteiger partial charge in [-0.1, -0.05) is 29.8 Å². The van der Waals surface area contributed by atoms with Gasteiger partial charge in [0.2, 0.25) is 0 Å². The predicted molar refractivity (Wildman–Crippen MR) is 77.9 cm³/mol. The molecule has 0 aliphatic carbocycles. The van der Waals surface area contributed by atoms with Gasteiger partial charge in [-0.2, -0.15) is 0 Å². The van der Waals surface area contributed by atoms with Gasteiger partial charge in [0.1, 0.15) is 0 Å². The summed E-state index contributed by atoms with van der Waals surface area (Å²) in [4.78, 5) is 0. The van der Waals surface area contributed by atoms with Gasteiger partial charge in [-0.15, -0.1) is 0 Å². The topological polar surface area (TPSA) is 12.0 Å². The highest BCUT2D eigenvalue weighted by molar-refractivity contribution is 14.1. The summed E-state index contributed by atoms with van der Waals surface area (Å²) in [5, 5.41) is 4.15. The average Bonchev–Trinajstić information content (AvgIpc) is 2.32. The van der Waals surface area contributed by atoms with Crippen molar-refractivity contribution >= 4 is 39.9 Å². The fourth-order valence-corrected chi connectivity index (χ4v) is 2.15. The van der Waals surface area contributed by atoms with Crippen LogP contribution in [0, 0.1) is 3.57 Å². The summed E-state index contributed by atoms with van der Waals surface area (Å²) in [5.41, 5.74) is 2.34. The number of anilines is 1. The molecule has 1 N–H and O–H groups in total. The van der Waals surface area contributed by atoms with Crippen LogP contribution in [0.2, 0.25) is 5.02 Å². The molecule has 1 nitrogen and oxygen atoms in total. The average molecular weight is 344 g/mol. The van der Waals surface area contributed by atoms with Crippen LogP contribution in [0.1, 0.15) is 5.56 Å². The van der Waals surface area contributed by atoms with Gasteiger partial charge in [-0.05, 0) is 58.5 Å². The Labute approximate surface area is 114 Å². The van der Waals surface area contributed by atoms with E-state index in [1.165, 1.54) is 9.13 Å². The Kier molecular flexibility index (Phi) is 4.07. The standard InChI is InChI=1S/C13H11ClIN/c14-11-6-7-13(15)10(8-11)9-16-12-4-2-1-3-5-12/h1-8,16H,9H2. The van der Waals surface area contributed by atoms with Crippen LogP contribution in [0.25, 0.3) is 0 Å². The van der Waals surface area contributed by atoms with Crippen molar-refractivity contribution in [2.75, 3.05) is 5.32 Å². The molecule has 0 fully saturated rings. The fraction of sp³-hybridized carbons (Fsp3) is 0.0769. The summed E-state index contributed by atoms with van der Waals surface area (Å²) in [6, 6.07) is 16.1. The number of halogens is 2. The van der Waals surface area contributed by atoms with Crippen molar-refractivity contribution in [3.05, 3.63) is 62.7 Å². The van der Waals surface area contributed by atoms with Gasteiger partial charge in [0.15, 0.2) is 0 Å². The molecule has 0 radical (unpaired) electrons. The molecule has 0 saturated heterocycles. The van der Waals surface area contributed by atoms with Crippen molar-refractivity contribution in [3.63, 3.8) is 0 Å². The number of benzene rings is 2. The number of nitrogens with one attached hydrogen (secondary N) is 1. The third-order valence-electron chi connectivity index (χ3n) is 2.26. The fourth-order valence-electron chi connectivity index (χ4n) is 1.43. The smallest absolute Gasteiger partial charge is 0.0411 e. The van der Waals surface area contributed by atoms with Crippen molar-refractivity contribution in [3.8, 4) is 0 Å². The molecule has 0 aliphatic heterocycles. The van der Waals surface area contributed by atoms with Crippen LogP contribution in [0.15, 0.2) is 48.5 Å². The van der Waals surface area contributed by atoms with Gasteiger partial charge in [0.05, 0.1) is 0 Å². The molecule has 0 saturated carbocycles. The summed E-state index contributed by atoms with van der Waals surface area (Å²) in [5.74, 6) is 0. The lowest BCUT2D eigenvalue weighted by Gasteiger charge is -2.08. The Morgan fingerprint density at radius 3 is 2.56 bits per heavy atom. The normalized spacial score (nSPS) is 10.1. The maximum absolute atomic E-state index is 5.97. The summed E-state index contributed by atoms with van der Waals surface area (Å²) in [6.07, 6.45) is 0. The Balaban J connectivity index is 2.08. The van der Waals surface area contributed by atoms with E-state index >= 15 is 0 Å². The lowest BCUT2D eigenvalue weighted by Crippen LogP contribution is -2.00. The molecular weight excluding hydrogens is 333 g/mol. The monoisotopic (exact) mass is 343 g/mol. The lowest BCUT2D eigenvalue weighted by atomic mass is 10.2. The van der Waals surface area contributed by atoms with Gasteiger partial charge in [-0.3, -0.25) is 0 Å². The van der Waals surface area contributed by atoms with Crippen molar-refractivity contribution < 1.29 is 0 Å². The molecule has 0 heterocycles. The molecule has 0 aromatic heterocycles. The van der Waals surface area contributed by atoms with Crippen LogP contribution in [0.3, 0.4) is 0 Å². The Morgan fingerprint density at radius 1 is 1.06 bits per heavy atom. The van der Waals surface area contributed by atoms with E-state index in [2.05, 4.69) is 40.0 Å². The minimum Gasteiger partial charge on any atom is -0.381 e. The van der Waals surface area contributed by atoms with Gasteiger partial charge < -0.3 is 5.32 Å². The van der Waals surface area contributed by atoms with Crippen molar-refractivity contribution in [1.82, 2.24) is 0 Å². The molecule has 2 aromatic rings. The SMILES string of the molecule is Clc1ccc(I)c(CNc2ccccc2)c1. The molecular formula is C13H11ClIN. The summed E-state index contributed by atoms with van der Waals surface area (Å²) < 4.78 is 1.23. The van der Waals surface area contributed by atoms with Crippen LogP contribution < -0.4 is 5.32 Å². The molecule has 2 aromatic carbocycles. The van der Waals surface area contributed by atoms with Crippen LogP contribution in [-0.2, 0) is 6.54 Å². The van der Waals surface area contributed by atoms with Gasteiger partial charge >= 0.3 is 0 Å². The molecule has 0 bridgehead atoms. The molecule has 0 unspecified atom stereocenters. The highest BCUT2D eigenvalue weighted by Gasteiger charge is 2.00. The van der Waals surface area contributed by atoms with Gasteiger partial charge in [0.25, 0.3) is 0 Å². The van der Waals surface area contributed by atoms with Crippen LogP contribution >= 0.6 is 34.2 Å². The Morgan fingerprint density at radius 2 is 1.81 bits per heavy atom. The van der Waals surface area contributed by atoms with Crippen molar-refractivity contribution in [1.29, 1.82) is 0 Å². The second-order valence-electron chi connectivity index (χ2n) is 3.46. The van der Waals surface area contributed by atoms with Crippen molar-refractivity contribution in [2.45, 2.75) is 6.54 Å². The molecule has 3 heteroatoms. The van der Waals surface area contributed by atoms with Gasteiger partial charge in [-0.25, -0.2) is 0 Å². The Hall–Kier alpha value is -0.740. The second-order valence-corrected chi connectivity index (χ2v) is 5.05. The van der Waals surface area contributed by atoms with Crippen LogP contribution in [0.5, 0.6) is 0 Å². The van der Waals surface area contributed by atoms with E-state index in [1.807, 2.05) is 36.4 Å². The Bertz CT molecular complexity index is 471.